The van der Waals surface area contributed by atoms with E-state index in [2.05, 4.69) is 4.98 Å². The first kappa shape index (κ1) is 13.0. The van der Waals surface area contributed by atoms with Crippen LogP contribution < -0.4 is 5.73 Å². The number of aromatic nitrogens is 1. The largest absolute Gasteiger partial charge is 0.383 e. The van der Waals surface area contributed by atoms with Gasteiger partial charge in [-0.25, -0.2) is 0 Å². The molecule has 0 fully saturated rings. The lowest BCUT2D eigenvalue weighted by Crippen LogP contribution is -2.46. The Bertz CT molecular complexity index is 554. The minimum Gasteiger partial charge on any atom is -0.383 e. The van der Waals surface area contributed by atoms with E-state index in [4.69, 9.17) is 5.73 Å². The molecule has 0 saturated heterocycles. The van der Waals surface area contributed by atoms with Crippen molar-refractivity contribution < 1.29 is 5.11 Å². The summed E-state index contributed by atoms with van der Waals surface area (Å²) in [6.45, 7) is 6.17. The summed E-state index contributed by atoms with van der Waals surface area (Å²) in [6, 6.07) is 9.65. The zero-order chi connectivity index (χ0) is 13.4. The highest BCUT2D eigenvalue weighted by Crippen LogP contribution is 2.40. The Morgan fingerprint density at radius 3 is 2.50 bits per heavy atom. The van der Waals surface area contributed by atoms with Crippen LogP contribution in [0, 0.1) is 5.41 Å². The van der Waals surface area contributed by atoms with Gasteiger partial charge in [0, 0.05) is 18.1 Å². The normalized spacial score (nSPS) is 15.6. The third-order valence-electron chi connectivity index (χ3n) is 3.63. The number of nitrogens with two attached hydrogens (primary N) is 1. The number of hydrogen-bond acceptors (Lipinski definition) is 3. The van der Waals surface area contributed by atoms with Crippen molar-refractivity contribution in [1.82, 2.24) is 4.98 Å². The van der Waals surface area contributed by atoms with E-state index < -0.39 is 5.60 Å². The molecule has 0 aliphatic rings. The minimum absolute atomic E-state index is 0.185. The lowest BCUT2D eigenvalue weighted by atomic mass is 9.71. The highest BCUT2D eigenvalue weighted by Gasteiger charge is 2.41. The molecule has 3 nitrogen and oxygen atoms in total. The summed E-state index contributed by atoms with van der Waals surface area (Å²) in [4.78, 5) is 4.32. The second kappa shape index (κ2) is 4.34. The summed E-state index contributed by atoms with van der Waals surface area (Å²) >= 11 is 0. The molecule has 96 valence electrons. The summed E-state index contributed by atoms with van der Waals surface area (Å²) in [6.07, 6.45) is 1.75. The van der Waals surface area contributed by atoms with Crippen molar-refractivity contribution in [3.63, 3.8) is 0 Å². The van der Waals surface area contributed by atoms with E-state index in [0.717, 1.165) is 16.5 Å². The van der Waals surface area contributed by atoms with Gasteiger partial charge in [-0.1, -0.05) is 39.0 Å². The average Bonchev–Trinajstić information content (AvgIpc) is 2.35. The molecule has 1 unspecified atom stereocenters. The Balaban J connectivity index is 2.74. The highest BCUT2D eigenvalue weighted by atomic mass is 16.3. The van der Waals surface area contributed by atoms with E-state index in [-0.39, 0.29) is 12.0 Å². The molecule has 3 N–H and O–H groups in total. The third-order valence-corrected chi connectivity index (χ3v) is 3.63. The number of fused-ring (bicyclic) bond motifs is 1. The number of pyridine rings is 1. The molecule has 0 radical (unpaired) electrons. The molecule has 3 heteroatoms. The zero-order valence-corrected chi connectivity index (χ0v) is 11.1. The Kier molecular flexibility index (Phi) is 3.13. The molecule has 0 bridgehead atoms. The maximum absolute atomic E-state index is 11.0. The number of nitrogens with zero attached hydrogens (tertiary/aromatic N) is 1. The van der Waals surface area contributed by atoms with Crippen LogP contribution in [0.25, 0.3) is 10.9 Å². The van der Waals surface area contributed by atoms with Gasteiger partial charge in [-0.3, -0.25) is 4.98 Å². The Hall–Kier alpha value is -1.45. The molecule has 2 aromatic rings. The summed E-state index contributed by atoms with van der Waals surface area (Å²) in [5.41, 5.74) is 6.18. The van der Waals surface area contributed by atoms with Crippen LogP contribution in [-0.2, 0) is 5.60 Å². The maximum atomic E-state index is 11.0. The van der Waals surface area contributed by atoms with Gasteiger partial charge in [-0.15, -0.1) is 0 Å². The van der Waals surface area contributed by atoms with Gasteiger partial charge in [-0.05, 0) is 23.1 Å². The number of aliphatic hydroxyl groups is 1. The van der Waals surface area contributed by atoms with Crippen LogP contribution in [-0.4, -0.2) is 16.6 Å². The average molecular weight is 244 g/mol. The number of hydrogen-bond donors (Lipinski definition) is 2. The van der Waals surface area contributed by atoms with Crippen LogP contribution in [0.15, 0.2) is 36.5 Å². The van der Waals surface area contributed by atoms with Crippen molar-refractivity contribution in [1.29, 1.82) is 0 Å². The van der Waals surface area contributed by atoms with Gasteiger partial charge in [0.15, 0.2) is 0 Å². The van der Waals surface area contributed by atoms with Gasteiger partial charge in [0.1, 0.15) is 5.60 Å². The van der Waals surface area contributed by atoms with Crippen molar-refractivity contribution in [2.24, 2.45) is 11.1 Å². The van der Waals surface area contributed by atoms with Crippen LogP contribution in [0.2, 0.25) is 0 Å². The Labute approximate surface area is 108 Å². The molecule has 1 heterocycles. The van der Waals surface area contributed by atoms with Crippen LogP contribution in [0.4, 0.5) is 0 Å². The van der Waals surface area contributed by atoms with Gasteiger partial charge in [0.2, 0.25) is 0 Å². The number of rotatable bonds is 2. The smallest absolute Gasteiger partial charge is 0.107 e. The minimum atomic E-state index is -1.06. The lowest BCUT2D eigenvalue weighted by molar-refractivity contribution is -0.0544. The lowest BCUT2D eigenvalue weighted by Gasteiger charge is -2.40. The fraction of sp³-hybridized carbons (Fsp3) is 0.400. The molecule has 2 rings (SSSR count). The maximum Gasteiger partial charge on any atom is 0.107 e. The van der Waals surface area contributed by atoms with Gasteiger partial charge >= 0.3 is 0 Å². The molecular formula is C15H20N2O. The molecule has 1 aromatic heterocycles. The fourth-order valence-corrected chi connectivity index (χ4v) is 2.28. The summed E-state index contributed by atoms with van der Waals surface area (Å²) in [5.74, 6) is 0. The van der Waals surface area contributed by atoms with Crippen molar-refractivity contribution in [2.45, 2.75) is 26.4 Å². The first-order valence-corrected chi connectivity index (χ1v) is 6.17. The van der Waals surface area contributed by atoms with Crippen molar-refractivity contribution in [3.8, 4) is 0 Å². The van der Waals surface area contributed by atoms with Crippen molar-refractivity contribution in [3.05, 3.63) is 42.1 Å². The zero-order valence-electron chi connectivity index (χ0n) is 11.1. The summed E-state index contributed by atoms with van der Waals surface area (Å²) < 4.78 is 0. The first-order chi connectivity index (χ1) is 8.40. The van der Waals surface area contributed by atoms with E-state index >= 15 is 0 Å². The fourth-order valence-electron chi connectivity index (χ4n) is 2.28. The Morgan fingerprint density at radius 1 is 1.17 bits per heavy atom. The highest BCUT2D eigenvalue weighted by molar-refractivity contribution is 5.83. The van der Waals surface area contributed by atoms with Crippen LogP contribution in [0.3, 0.4) is 0 Å². The Morgan fingerprint density at radius 2 is 1.89 bits per heavy atom. The predicted molar refractivity (Wildman–Crippen MR) is 74.1 cm³/mol. The van der Waals surface area contributed by atoms with Crippen LogP contribution >= 0.6 is 0 Å². The molecule has 1 atom stereocenters. The van der Waals surface area contributed by atoms with Crippen molar-refractivity contribution >= 4 is 10.9 Å². The molecule has 0 saturated carbocycles. The molecule has 0 aliphatic heterocycles. The predicted octanol–water partition coefficient (Wildman–Crippen LogP) is 2.43. The quantitative estimate of drug-likeness (QED) is 0.853. The van der Waals surface area contributed by atoms with Gasteiger partial charge in [0.25, 0.3) is 0 Å². The first-order valence-electron chi connectivity index (χ1n) is 6.17. The van der Waals surface area contributed by atoms with Gasteiger partial charge < -0.3 is 10.8 Å². The van der Waals surface area contributed by atoms with E-state index in [1.54, 1.807) is 6.20 Å². The monoisotopic (exact) mass is 244 g/mol. The standard InChI is InChI=1S/C15H20N2O/c1-14(2,3)15(18,10-16)12-7-4-8-13-11(12)6-5-9-17-13/h4-9,18H,10,16H2,1-3H3. The SMILES string of the molecule is CC(C)(C)C(O)(CN)c1cccc2ncccc12. The van der Waals surface area contributed by atoms with Gasteiger partial charge in [0.05, 0.1) is 5.52 Å². The number of benzene rings is 1. The van der Waals surface area contributed by atoms with E-state index in [9.17, 15) is 5.11 Å². The van der Waals surface area contributed by atoms with E-state index in [1.165, 1.54) is 0 Å². The van der Waals surface area contributed by atoms with Crippen molar-refractivity contribution in [2.75, 3.05) is 6.54 Å². The second-order valence-electron chi connectivity index (χ2n) is 5.69. The van der Waals surface area contributed by atoms with E-state index in [0.29, 0.717) is 0 Å². The van der Waals surface area contributed by atoms with Crippen LogP contribution in [0.5, 0.6) is 0 Å². The van der Waals surface area contributed by atoms with Crippen LogP contribution in [0.1, 0.15) is 26.3 Å². The molecular weight excluding hydrogens is 224 g/mol. The molecule has 1 aromatic carbocycles. The second-order valence-corrected chi connectivity index (χ2v) is 5.69. The topological polar surface area (TPSA) is 59.1 Å². The van der Waals surface area contributed by atoms with E-state index in [1.807, 2.05) is 51.1 Å². The molecule has 0 amide bonds. The molecule has 0 aliphatic carbocycles. The summed E-state index contributed by atoms with van der Waals surface area (Å²) in [7, 11) is 0. The van der Waals surface area contributed by atoms with Gasteiger partial charge in [-0.2, -0.15) is 0 Å². The molecule has 0 spiro atoms. The third kappa shape index (κ3) is 1.89. The molecule has 18 heavy (non-hydrogen) atoms. The summed E-state index contributed by atoms with van der Waals surface area (Å²) in [5, 5.41) is 11.9.